The largest absolute Gasteiger partial charge is 0.504 e. The topological polar surface area (TPSA) is 78.8 Å². The van der Waals surface area contributed by atoms with Crippen molar-refractivity contribution < 1.29 is 17.9 Å². The predicted molar refractivity (Wildman–Crippen MR) is 67.7 cm³/mol. The molecular formula is C11H15FN2O3S. The van der Waals surface area contributed by atoms with Crippen molar-refractivity contribution in [2.45, 2.75) is 19.8 Å². The number of nitrogens with one attached hydrogen (secondary N) is 1. The molecule has 0 heterocycles. The normalized spacial score (nSPS) is 12.3. The SMILES string of the molecule is CC(C)c1cc(F)c(O)c(/C=N/NS(C)(=O)=O)c1. The zero-order valence-corrected chi connectivity index (χ0v) is 11.1. The molecule has 100 valence electrons. The summed E-state index contributed by atoms with van der Waals surface area (Å²) in [6, 6.07) is 2.79. The highest BCUT2D eigenvalue weighted by atomic mass is 32.2. The maximum Gasteiger partial charge on any atom is 0.244 e. The van der Waals surface area contributed by atoms with Crippen LogP contribution in [0.4, 0.5) is 4.39 Å². The second kappa shape index (κ2) is 5.34. The van der Waals surface area contributed by atoms with Crippen LogP contribution in [0, 0.1) is 5.82 Å². The van der Waals surface area contributed by atoms with Crippen LogP contribution >= 0.6 is 0 Å². The lowest BCUT2D eigenvalue weighted by Crippen LogP contribution is -2.15. The quantitative estimate of drug-likeness (QED) is 0.645. The number of sulfonamides is 1. The fourth-order valence-electron chi connectivity index (χ4n) is 1.27. The Labute approximate surface area is 105 Å². The smallest absolute Gasteiger partial charge is 0.244 e. The van der Waals surface area contributed by atoms with E-state index in [1.54, 1.807) is 6.07 Å². The van der Waals surface area contributed by atoms with E-state index in [0.717, 1.165) is 12.5 Å². The van der Waals surface area contributed by atoms with Crippen molar-refractivity contribution >= 4 is 16.2 Å². The Balaban J connectivity index is 3.08. The Bertz CT molecular complexity index is 568. The second-order valence-electron chi connectivity index (χ2n) is 4.22. The molecule has 0 bridgehead atoms. The van der Waals surface area contributed by atoms with Crippen LogP contribution in [-0.4, -0.2) is 26.0 Å². The minimum Gasteiger partial charge on any atom is -0.504 e. The Hall–Kier alpha value is -1.63. The maximum absolute atomic E-state index is 13.4. The summed E-state index contributed by atoms with van der Waals surface area (Å²) < 4.78 is 35.0. The van der Waals surface area contributed by atoms with Crippen LogP contribution in [0.1, 0.15) is 30.9 Å². The van der Waals surface area contributed by atoms with Gasteiger partial charge in [-0.3, -0.25) is 0 Å². The Kier molecular flexibility index (Phi) is 4.28. The molecule has 1 aromatic carbocycles. The molecule has 0 amide bonds. The van der Waals surface area contributed by atoms with Gasteiger partial charge in [-0.25, -0.2) is 17.6 Å². The van der Waals surface area contributed by atoms with Gasteiger partial charge >= 0.3 is 0 Å². The zero-order chi connectivity index (χ0) is 13.9. The van der Waals surface area contributed by atoms with Crippen molar-refractivity contribution in [1.29, 1.82) is 0 Å². The summed E-state index contributed by atoms with van der Waals surface area (Å²) in [5.41, 5.74) is 0.806. The Morgan fingerprint density at radius 2 is 2.06 bits per heavy atom. The van der Waals surface area contributed by atoms with E-state index in [-0.39, 0.29) is 11.5 Å². The standard InChI is InChI=1S/C11H15FN2O3S/c1-7(2)8-4-9(11(15)10(12)5-8)6-13-14-18(3,16)17/h4-7,14-15H,1-3H3/b13-6+. The summed E-state index contributed by atoms with van der Waals surface area (Å²) in [6.45, 7) is 3.75. The molecule has 0 fully saturated rings. The molecule has 0 unspecified atom stereocenters. The van der Waals surface area contributed by atoms with Crippen molar-refractivity contribution in [2.75, 3.05) is 6.26 Å². The molecule has 0 spiro atoms. The third kappa shape index (κ3) is 3.99. The van der Waals surface area contributed by atoms with Crippen molar-refractivity contribution in [3.63, 3.8) is 0 Å². The molecule has 0 aliphatic carbocycles. The van der Waals surface area contributed by atoms with Gasteiger partial charge in [0.15, 0.2) is 11.6 Å². The molecule has 0 saturated carbocycles. The highest BCUT2D eigenvalue weighted by Gasteiger charge is 2.10. The van der Waals surface area contributed by atoms with E-state index in [4.69, 9.17) is 0 Å². The summed E-state index contributed by atoms with van der Waals surface area (Å²) in [5, 5.41) is 12.9. The number of hydrogen-bond acceptors (Lipinski definition) is 4. The second-order valence-corrected chi connectivity index (χ2v) is 5.94. The number of hydrazone groups is 1. The molecule has 2 N–H and O–H groups in total. The van der Waals surface area contributed by atoms with Crippen molar-refractivity contribution in [3.05, 3.63) is 29.1 Å². The van der Waals surface area contributed by atoms with Gasteiger partial charge in [0.25, 0.3) is 0 Å². The molecule has 0 aliphatic rings. The number of benzene rings is 1. The maximum atomic E-state index is 13.4. The lowest BCUT2D eigenvalue weighted by molar-refractivity contribution is 0.430. The van der Waals surface area contributed by atoms with Crippen LogP contribution in [-0.2, 0) is 10.0 Å². The fraction of sp³-hybridized carbons (Fsp3) is 0.364. The molecule has 1 rings (SSSR count). The molecule has 0 aromatic heterocycles. The lowest BCUT2D eigenvalue weighted by atomic mass is 10.0. The molecule has 0 radical (unpaired) electrons. The fourth-order valence-corrected chi connectivity index (χ4v) is 1.51. The summed E-state index contributed by atoms with van der Waals surface area (Å²) >= 11 is 0. The molecule has 1 aromatic rings. The molecule has 0 aliphatic heterocycles. The van der Waals surface area contributed by atoms with Crippen LogP contribution in [0.15, 0.2) is 17.2 Å². The van der Waals surface area contributed by atoms with Crippen molar-refractivity contribution in [2.24, 2.45) is 5.10 Å². The molecule has 7 heteroatoms. The average molecular weight is 274 g/mol. The van der Waals surface area contributed by atoms with E-state index in [9.17, 15) is 17.9 Å². The van der Waals surface area contributed by atoms with E-state index < -0.39 is 21.6 Å². The number of aromatic hydroxyl groups is 1. The first-order valence-corrected chi connectivity index (χ1v) is 7.12. The zero-order valence-electron chi connectivity index (χ0n) is 10.3. The number of hydrogen-bond donors (Lipinski definition) is 2. The molecular weight excluding hydrogens is 259 g/mol. The van der Waals surface area contributed by atoms with Gasteiger partial charge < -0.3 is 5.11 Å². The monoisotopic (exact) mass is 274 g/mol. The molecule has 18 heavy (non-hydrogen) atoms. The van der Waals surface area contributed by atoms with Gasteiger partial charge in [-0.15, -0.1) is 0 Å². The van der Waals surface area contributed by atoms with E-state index in [2.05, 4.69) is 5.10 Å². The van der Waals surface area contributed by atoms with Crippen molar-refractivity contribution in [1.82, 2.24) is 4.83 Å². The number of phenolic OH excluding ortho intramolecular Hbond substituents is 1. The number of phenols is 1. The van der Waals surface area contributed by atoms with Crippen LogP contribution in [0.25, 0.3) is 0 Å². The number of rotatable bonds is 4. The van der Waals surface area contributed by atoms with Gasteiger partial charge in [0.1, 0.15) is 0 Å². The van der Waals surface area contributed by atoms with E-state index in [1.807, 2.05) is 18.7 Å². The van der Waals surface area contributed by atoms with Gasteiger partial charge in [0.05, 0.1) is 12.5 Å². The minimum atomic E-state index is -3.47. The van der Waals surface area contributed by atoms with Crippen LogP contribution < -0.4 is 4.83 Å². The number of halogens is 1. The first-order valence-electron chi connectivity index (χ1n) is 5.23. The van der Waals surface area contributed by atoms with Crippen molar-refractivity contribution in [3.8, 4) is 5.75 Å². The number of nitrogens with zero attached hydrogens (tertiary/aromatic N) is 1. The lowest BCUT2D eigenvalue weighted by Gasteiger charge is -2.08. The molecule has 5 nitrogen and oxygen atoms in total. The Morgan fingerprint density at radius 3 is 2.56 bits per heavy atom. The van der Waals surface area contributed by atoms with E-state index >= 15 is 0 Å². The summed E-state index contributed by atoms with van der Waals surface area (Å²) in [6.07, 6.45) is 2.00. The summed E-state index contributed by atoms with van der Waals surface area (Å²) in [7, 11) is -3.47. The molecule has 0 atom stereocenters. The van der Waals surface area contributed by atoms with Gasteiger partial charge in [-0.2, -0.15) is 5.10 Å². The van der Waals surface area contributed by atoms with E-state index in [1.165, 1.54) is 6.07 Å². The van der Waals surface area contributed by atoms with Gasteiger partial charge in [-0.1, -0.05) is 13.8 Å². The summed E-state index contributed by atoms with van der Waals surface area (Å²) in [5.74, 6) is -1.24. The third-order valence-corrected chi connectivity index (χ3v) is 2.64. The predicted octanol–water partition coefficient (Wildman–Crippen LogP) is 1.54. The van der Waals surface area contributed by atoms with Crippen LogP contribution in [0.3, 0.4) is 0 Å². The third-order valence-electron chi connectivity index (χ3n) is 2.20. The van der Waals surface area contributed by atoms with Crippen LogP contribution in [0.5, 0.6) is 5.75 Å². The molecule has 0 saturated heterocycles. The summed E-state index contributed by atoms with van der Waals surface area (Å²) in [4.78, 5) is 1.87. The van der Waals surface area contributed by atoms with E-state index in [0.29, 0.717) is 5.56 Å². The first-order chi connectivity index (χ1) is 8.20. The van der Waals surface area contributed by atoms with Gasteiger partial charge in [0, 0.05) is 5.56 Å². The highest BCUT2D eigenvalue weighted by Crippen LogP contribution is 2.25. The van der Waals surface area contributed by atoms with Crippen LogP contribution in [0.2, 0.25) is 0 Å². The Morgan fingerprint density at radius 1 is 1.44 bits per heavy atom. The average Bonchev–Trinajstić information content (AvgIpc) is 2.21. The minimum absolute atomic E-state index is 0.0788. The van der Waals surface area contributed by atoms with Gasteiger partial charge in [-0.05, 0) is 23.6 Å². The highest BCUT2D eigenvalue weighted by molar-refractivity contribution is 7.88. The van der Waals surface area contributed by atoms with Gasteiger partial charge in [0.2, 0.25) is 10.0 Å². The first kappa shape index (κ1) is 14.4.